The molecule has 0 spiro atoms. The number of hydrogen-bond donors (Lipinski definition) is 2. The summed E-state index contributed by atoms with van der Waals surface area (Å²) in [4.78, 5) is -0.158. The Morgan fingerprint density at radius 3 is 2.41 bits per heavy atom. The smallest absolute Gasteiger partial charge is 0.240 e. The van der Waals surface area contributed by atoms with Crippen molar-refractivity contribution in [2.24, 2.45) is 0 Å². The number of benzene rings is 2. The van der Waals surface area contributed by atoms with Crippen molar-refractivity contribution >= 4 is 10.0 Å². The van der Waals surface area contributed by atoms with Crippen LogP contribution in [0.5, 0.6) is 0 Å². The molecule has 2 rings (SSSR count). The Labute approximate surface area is 129 Å². The van der Waals surface area contributed by atoms with Gasteiger partial charge in [-0.3, -0.25) is 0 Å². The number of hydrogen-bond acceptors (Lipinski definition) is 3. The molecule has 0 aliphatic rings. The monoisotopic (exact) mass is 323 g/mol. The highest BCUT2D eigenvalue weighted by atomic mass is 32.2. The van der Waals surface area contributed by atoms with Gasteiger partial charge in [-0.1, -0.05) is 30.3 Å². The van der Waals surface area contributed by atoms with E-state index in [1.54, 1.807) is 37.3 Å². The van der Waals surface area contributed by atoms with Gasteiger partial charge in [0, 0.05) is 6.54 Å². The Kier molecular flexibility index (Phi) is 4.65. The summed E-state index contributed by atoms with van der Waals surface area (Å²) >= 11 is 0. The van der Waals surface area contributed by atoms with Gasteiger partial charge in [0.15, 0.2) is 0 Å². The second kappa shape index (κ2) is 6.16. The van der Waals surface area contributed by atoms with E-state index in [4.69, 9.17) is 0 Å². The van der Waals surface area contributed by atoms with Crippen molar-refractivity contribution in [3.05, 3.63) is 65.5 Å². The van der Waals surface area contributed by atoms with Crippen molar-refractivity contribution < 1.29 is 17.9 Å². The minimum Gasteiger partial charge on any atom is -0.384 e. The molecule has 1 atom stereocenters. The minimum absolute atomic E-state index is 0.158. The SMILES string of the molecule is Cc1cc(F)cc(S(=O)(=O)NCC(C)(O)c2ccccc2)c1. The second-order valence-electron chi connectivity index (χ2n) is 5.43. The molecule has 6 heteroatoms. The Morgan fingerprint density at radius 1 is 1.18 bits per heavy atom. The van der Waals surface area contributed by atoms with Gasteiger partial charge in [0.2, 0.25) is 10.0 Å². The lowest BCUT2D eigenvalue weighted by Gasteiger charge is -2.24. The van der Waals surface area contributed by atoms with Gasteiger partial charge in [0.05, 0.1) is 4.90 Å². The zero-order valence-electron chi connectivity index (χ0n) is 12.4. The van der Waals surface area contributed by atoms with E-state index in [0.717, 1.165) is 6.07 Å². The lowest BCUT2D eigenvalue weighted by molar-refractivity contribution is 0.0627. The fourth-order valence-electron chi connectivity index (χ4n) is 2.08. The Balaban J connectivity index is 2.19. The van der Waals surface area contributed by atoms with Crippen LogP contribution in [-0.4, -0.2) is 20.1 Å². The molecule has 22 heavy (non-hydrogen) atoms. The van der Waals surface area contributed by atoms with Crippen LogP contribution >= 0.6 is 0 Å². The molecule has 0 saturated carbocycles. The molecule has 0 saturated heterocycles. The molecule has 0 bridgehead atoms. The Hall–Kier alpha value is -1.76. The highest BCUT2D eigenvalue weighted by Crippen LogP contribution is 2.20. The topological polar surface area (TPSA) is 66.4 Å². The molecule has 0 fully saturated rings. The summed E-state index contributed by atoms with van der Waals surface area (Å²) in [5.41, 5.74) is -0.264. The molecule has 0 aliphatic heterocycles. The van der Waals surface area contributed by atoms with Crippen LogP contribution in [-0.2, 0) is 15.6 Å². The molecule has 0 amide bonds. The summed E-state index contributed by atoms with van der Waals surface area (Å²) in [6, 6.07) is 12.3. The van der Waals surface area contributed by atoms with E-state index in [2.05, 4.69) is 4.72 Å². The lowest BCUT2D eigenvalue weighted by Crippen LogP contribution is -2.38. The van der Waals surface area contributed by atoms with Crippen LogP contribution in [0.15, 0.2) is 53.4 Å². The summed E-state index contributed by atoms with van der Waals surface area (Å²) in [6.45, 7) is 2.92. The largest absolute Gasteiger partial charge is 0.384 e. The first kappa shape index (κ1) is 16.6. The molecule has 2 aromatic rings. The Morgan fingerprint density at radius 2 is 1.82 bits per heavy atom. The van der Waals surface area contributed by atoms with Crippen molar-refractivity contribution in [1.82, 2.24) is 4.72 Å². The van der Waals surface area contributed by atoms with Crippen LogP contribution in [0, 0.1) is 12.7 Å². The van der Waals surface area contributed by atoms with Crippen molar-refractivity contribution in [2.75, 3.05) is 6.54 Å². The van der Waals surface area contributed by atoms with E-state index in [1.165, 1.54) is 19.1 Å². The van der Waals surface area contributed by atoms with Crippen molar-refractivity contribution in [2.45, 2.75) is 24.3 Å². The normalized spacial score (nSPS) is 14.5. The average Bonchev–Trinajstić information content (AvgIpc) is 2.45. The minimum atomic E-state index is -3.90. The second-order valence-corrected chi connectivity index (χ2v) is 7.20. The van der Waals surface area contributed by atoms with E-state index in [9.17, 15) is 17.9 Å². The molecule has 0 heterocycles. The lowest BCUT2D eigenvalue weighted by atomic mass is 9.97. The predicted molar refractivity (Wildman–Crippen MR) is 82.3 cm³/mol. The summed E-state index contributed by atoms with van der Waals surface area (Å²) in [5.74, 6) is -0.616. The van der Waals surface area contributed by atoms with Crippen LogP contribution in [0.2, 0.25) is 0 Å². The van der Waals surface area contributed by atoms with E-state index >= 15 is 0 Å². The molecule has 0 radical (unpaired) electrons. The van der Waals surface area contributed by atoms with E-state index in [1.807, 2.05) is 0 Å². The van der Waals surface area contributed by atoms with Gasteiger partial charge in [-0.15, -0.1) is 0 Å². The van der Waals surface area contributed by atoms with Crippen molar-refractivity contribution in [1.29, 1.82) is 0 Å². The molecule has 1 unspecified atom stereocenters. The van der Waals surface area contributed by atoms with Crippen LogP contribution < -0.4 is 4.72 Å². The fourth-order valence-corrected chi connectivity index (χ4v) is 3.32. The maximum Gasteiger partial charge on any atom is 0.240 e. The quantitative estimate of drug-likeness (QED) is 0.887. The summed E-state index contributed by atoms with van der Waals surface area (Å²) in [5, 5.41) is 10.4. The Bertz CT molecular complexity index is 738. The van der Waals surface area contributed by atoms with Crippen LogP contribution in [0.25, 0.3) is 0 Å². The van der Waals surface area contributed by atoms with Crippen molar-refractivity contribution in [3.8, 4) is 0 Å². The van der Waals surface area contributed by atoms with Gasteiger partial charge >= 0.3 is 0 Å². The molecule has 0 aromatic heterocycles. The maximum atomic E-state index is 13.4. The van der Waals surface area contributed by atoms with Gasteiger partial charge in [-0.2, -0.15) is 0 Å². The molecule has 2 N–H and O–H groups in total. The van der Waals surface area contributed by atoms with Gasteiger partial charge < -0.3 is 5.11 Å². The maximum absolute atomic E-state index is 13.4. The molecular weight excluding hydrogens is 305 g/mol. The number of nitrogens with one attached hydrogen (secondary N) is 1. The number of halogens is 1. The number of sulfonamides is 1. The van der Waals surface area contributed by atoms with Gasteiger partial charge in [0.25, 0.3) is 0 Å². The van der Waals surface area contributed by atoms with E-state index in [0.29, 0.717) is 11.1 Å². The third-order valence-electron chi connectivity index (χ3n) is 3.33. The first-order chi connectivity index (χ1) is 10.2. The summed E-state index contributed by atoms with van der Waals surface area (Å²) < 4.78 is 40.1. The van der Waals surface area contributed by atoms with Gasteiger partial charge in [-0.25, -0.2) is 17.5 Å². The number of rotatable bonds is 5. The summed E-state index contributed by atoms with van der Waals surface area (Å²) in [7, 11) is -3.90. The predicted octanol–water partition coefficient (Wildman–Crippen LogP) is 2.32. The third kappa shape index (κ3) is 3.91. The highest BCUT2D eigenvalue weighted by molar-refractivity contribution is 7.89. The number of aryl methyl sites for hydroxylation is 1. The first-order valence-electron chi connectivity index (χ1n) is 6.75. The fraction of sp³-hybridized carbons (Fsp3) is 0.250. The average molecular weight is 323 g/mol. The molecule has 2 aromatic carbocycles. The van der Waals surface area contributed by atoms with Gasteiger partial charge in [0.1, 0.15) is 11.4 Å². The number of aliphatic hydroxyl groups is 1. The first-order valence-corrected chi connectivity index (χ1v) is 8.24. The molecule has 0 aliphatic carbocycles. The zero-order valence-corrected chi connectivity index (χ0v) is 13.2. The van der Waals surface area contributed by atoms with Gasteiger partial charge in [-0.05, 0) is 43.2 Å². The molecular formula is C16H18FNO3S. The molecule has 118 valence electrons. The molecule has 4 nitrogen and oxygen atoms in total. The van der Waals surface area contributed by atoms with E-state index < -0.39 is 21.4 Å². The highest BCUT2D eigenvalue weighted by Gasteiger charge is 2.26. The standard InChI is InChI=1S/C16H18FNO3S/c1-12-8-14(17)10-15(9-12)22(20,21)18-11-16(2,19)13-6-4-3-5-7-13/h3-10,18-19H,11H2,1-2H3. The summed E-state index contributed by atoms with van der Waals surface area (Å²) in [6.07, 6.45) is 0. The van der Waals surface area contributed by atoms with Crippen LogP contribution in [0.1, 0.15) is 18.1 Å². The van der Waals surface area contributed by atoms with Crippen LogP contribution in [0.3, 0.4) is 0 Å². The zero-order chi connectivity index (χ0) is 16.4. The third-order valence-corrected chi connectivity index (χ3v) is 4.71. The van der Waals surface area contributed by atoms with Crippen LogP contribution in [0.4, 0.5) is 4.39 Å². The van der Waals surface area contributed by atoms with E-state index in [-0.39, 0.29) is 11.4 Å². The van der Waals surface area contributed by atoms with Crippen molar-refractivity contribution in [3.63, 3.8) is 0 Å².